The smallest absolute Gasteiger partial charge is 0.344 e. The van der Waals surface area contributed by atoms with Gasteiger partial charge in [-0.2, -0.15) is 0 Å². The van der Waals surface area contributed by atoms with E-state index in [2.05, 4.69) is 0 Å². The van der Waals surface area contributed by atoms with Crippen molar-refractivity contribution >= 4 is 43.3 Å². The van der Waals surface area contributed by atoms with Gasteiger partial charge in [-0.15, -0.1) is 0 Å². The van der Waals surface area contributed by atoms with Gasteiger partial charge < -0.3 is 73.3 Å². The van der Waals surface area contributed by atoms with Crippen LogP contribution in [-0.2, 0) is 28.4 Å². The van der Waals surface area contributed by atoms with E-state index < -0.39 is 114 Å². The van der Waals surface area contributed by atoms with Crippen LogP contribution in [0.15, 0.2) is 44.3 Å². The van der Waals surface area contributed by atoms with Gasteiger partial charge in [0.05, 0.1) is 34.5 Å². The SMILES string of the molecule is CO[C@H]1[C@@H](O)[C@@H](C)O[C@H](O[C@H]2[C@@H](O[C@H]3[C@H](Oc4cccc5c(O)c6c(=N)c(=O)c7ccc(C)c8c(=O)oc(c45)c6c78)O[C@H](C)[C@H](O)[C@@H]3O)O[C@H](C)[C@H](O)[C@@H]2O)[C@@H]1O. The first-order valence-electron chi connectivity index (χ1n) is 18.4. The van der Waals surface area contributed by atoms with Crippen molar-refractivity contribution in [1.29, 1.82) is 5.41 Å². The zero-order chi connectivity index (χ0) is 40.9. The summed E-state index contributed by atoms with van der Waals surface area (Å²) in [4.78, 5) is 27.0. The summed E-state index contributed by atoms with van der Waals surface area (Å²) in [6, 6.07) is 7.50. The van der Waals surface area contributed by atoms with Crippen molar-refractivity contribution in [3.05, 3.63) is 61.9 Å². The van der Waals surface area contributed by atoms with Crippen LogP contribution in [0.1, 0.15) is 26.3 Å². The maximum atomic E-state index is 13.6. The lowest BCUT2D eigenvalue weighted by Gasteiger charge is -2.48. The van der Waals surface area contributed by atoms with Gasteiger partial charge in [-0.05, 0) is 39.3 Å². The topological polar surface area (TPSA) is 277 Å². The number of rotatable bonds is 7. The Hall–Kier alpha value is -4.15. The van der Waals surface area contributed by atoms with Crippen LogP contribution in [-0.4, -0.2) is 135 Å². The summed E-state index contributed by atoms with van der Waals surface area (Å²) in [6.45, 7) is 6.09. The van der Waals surface area contributed by atoms with Gasteiger partial charge in [0.25, 0.3) is 0 Å². The second-order valence-electron chi connectivity index (χ2n) is 15.0. The molecule has 1 aromatic heterocycles. The molecule has 306 valence electrons. The van der Waals surface area contributed by atoms with Crippen LogP contribution in [0.25, 0.3) is 43.3 Å². The fourth-order valence-electron chi connectivity index (χ4n) is 8.27. The molecule has 3 aliphatic heterocycles. The van der Waals surface area contributed by atoms with Crippen molar-refractivity contribution in [2.24, 2.45) is 0 Å². The van der Waals surface area contributed by atoms with Crippen LogP contribution >= 0.6 is 0 Å². The first kappa shape index (κ1) is 39.7. The summed E-state index contributed by atoms with van der Waals surface area (Å²) in [7, 11) is 1.27. The van der Waals surface area contributed by atoms with E-state index in [9.17, 15) is 45.3 Å². The van der Waals surface area contributed by atoms with Gasteiger partial charge in [0.15, 0.2) is 24.3 Å². The lowest BCUT2D eigenvalue weighted by molar-refractivity contribution is -0.384. The molecule has 0 spiro atoms. The quantitative estimate of drug-likeness (QED) is 0.0588. The molecule has 5 aromatic rings. The van der Waals surface area contributed by atoms with Gasteiger partial charge in [-0.3, -0.25) is 10.2 Å². The number of phenolic OH excluding ortho intramolecular Hbond substituents is 1. The van der Waals surface area contributed by atoms with Crippen LogP contribution in [0, 0.1) is 12.3 Å². The lowest BCUT2D eigenvalue weighted by Crippen LogP contribution is -2.66. The summed E-state index contributed by atoms with van der Waals surface area (Å²) in [5.74, 6) is -0.520. The Balaban J connectivity index is 1.21. The zero-order valence-electron chi connectivity index (χ0n) is 31.3. The predicted molar refractivity (Wildman–Crippen MR) is 196 cm³/mol. The van der Waals surface area contributed by atoms with Crippen molar-refractivity contribution in [1.82, 2.24) is 0 Å². The van der Waals surface area contributed by atoms with Crippen LogP contribution in [0.3, 0.4) is 0 Å². The van der Waals surface area contributed by atoms with Crippen LogP contribution < -0.4 is 21.1 Å². The minimum Gasteiger partial charge on any atom is -0.507 e. The molecule has 0 unspecified atom stereocenters. The third-order valence-electron chi connectivity index (χ3n) is 11.5. The molecule has 3 fully saturated rings. The molecule has 4 aromatic carbocycles. The number of methoxy groups -OCH3 is 1. The minimum absolute atomic E-state index is 0.0443. The fourth-order valence-corrected chi connectivity index (χ4v) is 8.27. The van der Waals surface area contributed by atoms with E-state index in [-0.39, 0.29) is 49.0 Å². The number of phenols is 1. The van der Waals surface area contributed by atoms with Crippen LogP contribution in [0.5, 0.6) is 11.5 Å². The predicted octanol–water partition coefficient (Wildman–Crippen LogP) is -0.454. The maximum absolute atomic E-state index is 13.6. The molecule has 0 saturated carbocycles. The summed E-state index contributed by atoms with van der Waals surface area (Å²) in [6.07, 6.45) is -21.6. The number of aliphatic hydroxyl groups excluding tert-OH is 6. The van der Waals surface area contributed by atoms with Crippen molar-refractivity contribution < 1.29 is 73.3 Å². The summed E-state index contributed by atoms with van der Waals surface area (Å²) >= 11 is 0. The third-order valence-corrected chi connectivity index (χ3v) is 11.5. The number of nitrogens with one attached hydrogen (secondary N) is 1. The average Bonchev–Trinajstić information content (AvgIpc) is 3.17. The Labute approximate surface area is 322 Å². The first-order chi connectivity index (χ1) is 27.0. The molecule has 0 aliphatic carbocycles. The van der Waals surface area contributed by atoms with E-state index in [0.29, 0.717) is 5.56 Å². The number of aromatic hydroxyl groups is 1. The molecular formula is C39H43NO17. The Morgan fingerprint density at radius 3 is 1.89 bits per heavy atom. The Kier molecular flexibility index (Phi) is 10.2. The number of benzene rings is 4. The Morgan fingerprint density at radius 1 is 0.632 bits per heavy atom. The molecule has 0 bridgehead atoms. The van der Waals surface area contributed by atoms with Crippen molar-refractivity contribution in [3.63, 3.8) is 0 Å². The Morgan fingerprint density at radius 2 is 1.23 bits per heavy atom. The monoisotopic (exact) mass is 797 g/mol. The number of aliphatic hydroxyl groups is 6. The van der Waals surface area contributed by atoms with Crippen LogP contribution in [0.2, 0.25) is 0 Å². The van der Waals surface area contributed by atoms with Crippen molar-refractivity contribution in [2.45, 2.75) is 120 Å². The average molecular weight is 798 g/mol. The van der Waals surface area contributed by atoms with E-state index in [1.165, 1.54) is 52.1 Å². The third kappa shape index (κ3) is 6.14. The molecule has 57 heavy (non-hydrogen) atoms. The molecule has 0 amide bonds. The molecule has 15 atom stereocenters. The molecule has 18 heteroatoms. The Bertz CT molecular complexity index is 2500. The molecule has 3 aliphatic rings. The maximum Gasteiger partial charge on any atom is 0.344 e. The largest absolute Gasteiger partial charge is 0.507 e. The lowest BCUT2D eigenvalue weighted by atomic mass is 9.92. The van der Waals surface area contributed by atoms with Crippen LogP contribution in [0.4, 0.5) is 0 Å². The molecule has 8 rings (SSSR count). The number of ether oxygens (including phenoxy) is 7. The molecule has 3 saturated heterocycles. The van der Waals surface area contributed by atoms with Crippen molar-refractivity contribution in [2.75, 3.05) is 7.11 Å². The number of hydrogen-bond acceptors (Lipinski definition) is 18. The standard InChI is InChI=1S/C39H43NO17/c1-11-9-10-16-20-18(11)36(49)55-32-19-15(27(44)22(21(20)32)23(40)28(16)45)7-6-8-17(19)54-38-34(29(46)24(41)12(2)52-38)57-39-35(30(47)25(42)13(3)53-39)56-37-31(48)33(50-5)26(43)14(4)51-37/h6-10,12-14,24-26,29-31,33-35,37-44,46-48H,1-5H3/t12-,13-,14-,24+,25+,26+,29+,30+,31-,33+,34-,35-,37-,38+,39-/m1/s1. The number of hydrogen-bond donors (Lipinski definition) is 8. The molecule has 0 radical (unpaired) electrons. The van der Waals surface area contributed by atoms with Gasteiger partial charge in [0, 0.05) is 28.7 Å². The van der Waals surface area contributed by atoms with Crippen molar-refractivity contribution in [3.8, 4) is 11.5 Å². The second-order valence-corrected chi connectivity index (χ2v) is 15.0. The zero-order valence-corrected chi connectivity index (χ0v) is 31.3. The van der Waals surface area contributed by atoms with Gasteiger partial charge in [-0.25, -0.2) is 4.79 Å². The minimum atomic E-state index is -1.75. The fraction of sp³-hybridized carbons (Fsp3) is 0.513. The van der Waals surface area contributed by atoms with Gasteiger partial charge >= 0.3 is 5.63 Å². The molecule has 18 nitrogen and oxygen atoms in total. The summed E-state index contributed by atoms with van der Waals surface area (Å²) < 4.78 is 47.4. The van der Waals surface area contributed by atoms with E-state index in [1.54, 1.807) is 13.0 Å². The summed E-state index contributed by atoms with van der Waals surface area (Å²) in [5.41, 5.74) is -1.07. The number of aryl methyl sites for hydroxylation is 1. The number of fused-ring (bicyclic) bond motifs is 2. The van der Waals surface area contributed by atoms with Gasteiger partial charge in [-0.1, -0.05) is 24.3 Å². The van der Waals surface area contributed by atoms with E-state index >= 15 is 0 Å². The highest BCUT2D eigenvalue weighted by molar-refractivity contribution is 6.29. The van der Waals surface area contributed by atoms with Gasteiger partial charge in [0.1, 0.15) is 65.7 Å². The second kappa shape index (κ2) is 14.6. The molecule has 8 N–H and O–H groups in total. The summed E-state index contributed by atoms with van der Waals surface area (Å²) in [5, 5.41) is 86.3. The highest BCUT2D eigenvalue weighted by Crippen LogP contribution is 2.45. The highest BCUT2D eigenvalue weighted by Gasteiger charge is 2.53. The normalized spacial score (nSPS) is 36.4. The molecule has 4 heterocycles. The molecular weight excluding hydrogens is 754 g/mol. The highest BCUT2D eigenvalue weighted by atomic mass is 16.8. The first-order valence-corrected chi connectivity index (χ1v) is 18.4. The van der Waals surface area contributed by atoms with E-state index in [4.69, 9.17) is 43.0 Å². The van der Waals surface area contributed by atoms with Gasteiger partial charge in [0.2, 0.25) is 11.7 Å². The van der Waals surface area contributed by atoms with E-state index in [0.717, 1.165) is 0 Å². The van der Waals surface area contributed by atoms with E-state index in [1.807, 2.05) is 0 Å².